The number of sulfonamides is 1. The second-order valence-corrected chi connectivity index (χ2v) is 7.09. The number of hydrogen-bond acceptors (Lipinski definition) is 3. The summed E-state index contributed by atoms with van der Waals surface area (Å²) in [5.41, 5.74) is 0.489. The second-order valence-electron chi connectivity index (χ2n) is 4.15. The van der Waals surface area contributed by atoms with Crippen molar-refractivity contribution >= 4 is 43.2 Å². The summed E-state index contributed by atoms with van der Waals surface area (Å²) < 4.78 is 41.0. The zero-order valence-corrected chi connectivity index (χ0v) is 13.6. The van der Waals surface area contributed by atoms with Crippen molar-refractivity contribution in [1.29, 1.82) is 0 Å². The molecular formula is C13H10BrClFNO3S. The van der Waals surface area contributed by atoms with Gasteiger partial charge in [0.1, 0.15) is 10.7 Å². The molecule has 21 heavy (non-hydrogen) atoms. The third-order valence-corrected chi connectivity index (χ3v) is 4.97. The Balaban J connectivity index is 2.41. The van der Waals surface area contributed by atoms with Crippen molar-refractivity contribution < 1.29 is 17.9 Å². The zero-order valence-electron chi connectivity index (χ0n) is 10.5. The van der Waals surface area contributed by atoms with Gasteiger partial charge in [-0.2, -0.15) is 0 Å². The lowest BCUT2D eigenvalue weighted by atomic mass is 10.2. The van der Waals surface area contributed by atoms with Gasteiger partial charge in [0.2, 0.25) is 0 Å². The fourth-order valence-corrected chi connectivity index (χ4v) is 3.42. The molecule has 0 unspecified atom stereocenters. The number of nitrogens with one attached hydrogen (secondary N) is 1. The topological polar surface area (TPSA) is 66.4 Å². The lowest BCUT2D eigenvalue weighted by Crippen LogP contribution is -2.15. The van der Waals surface area contributed by atoms with E-state index in [2.05, 4.69) is 20.7 Å². The Labute approximate surface area is 134 Å². The van der Waals surface area contributed by atoms with Crippen molar-refractivity contribution in [2.75, 3.05) is 4.72 Å². The Hall–Kier alpha value is -1.15. The van der Waals surface area contributed by atoms with Crippen LogP contribution in [0.4, 0.5) is 10.1 Å². The summed E-state index contributed by atoms with van der Waals surface area (Å²) in [7, 11) is -4.10. The number of aliphatic hydroxyl groups is 1. The maximum absolute atomic E-state index is 13.8. The van der Waals surface area contributed by atoms with Gasteiger partial charge in [0, 0.05) is 9.50 Å². The molecule has 2 aromatic rings. The van der Waals surface area contributed by atoms with Gasteiger partial charge in [-0.15, -0.1) is 0 Å². The van der Waals surface area contributed by atoms with Crippen LogP contribution in [0.25, 0.3) is 0 Å². The van der Waals surface area contributed by atoms with Crippen LogP contribution in [0.2, 0.25) is 5.02 Å². The average Bonchev–Trinajstić information content (AvgIpc) is 2.42. The smallest absolute Gasteiger partial charge is 0.264 e. The molecule has 8 heteroatoms. The number of aliphatic hydroxyl groups excluding tert-OH is 1. The van der Waals surface area contributed by atoms with E-state index in [1.165, 1.54) is 12.1 Å². The molecule has 112 valence electrons. The van der Waals surface area contributed by atoms with Gasteiger partial charge < -0.3 is 5.11 Å². The summed E-state index contributed by atoms with van der Waals surface area (Å²) >= 11 is 8.99. The third kappa shape index (κ3) is 3.74. The minimum absolute atomic E-state index is 0.202. The first kappa shape index (κ1) is 16.2. The van der Waals surface area contributed by atoms with E-state index in [1.54, 1.807) is 12.1 Å². The molecule has 0 aliphatic heterocycles. The highest BCUT2D eigenvalue weighted by atomic mass is 79.9. The SMILES string of the molecule is O=S(=O)(Nc1cc(Cl)ccc1Br)c1ccc(CO)cc1F. The number of anilines is 1. The maximum Gasteiger partial charge on any atom is 0.264 e. The molecule has 2 rings (SSSR count). The molecular weight excluding hydrogens is 385 g/mol. The average molecular weight is 395 g/mol. The van der Waals surface area contributed by atoms with E-state index in [-0.39, 0.29) is 17.9 Å². The van der Waals surface area contributed by atoms with Crippen LogP contribution in [0.15, 0.2) is 45.8 Å². The van der Waals surface area contributed by atoms with Crippen LogP contribution in [-0.4, -0.2) is 13.5 Å². The summed E-state index contributed by atoms with van der Waals surface area (Å²) in [5.74, 6) is -0.938. The van der Waals surface area contributed by atoms with Crippen molar-refractivity contribution in [2.45, 2.75) is 11.5 Å². The van der Waals surface area contributed by atoms with E-state index in [4.69, 9.17) is 16.7 Å². The van der Waals surface area contributed by atoms with Crippen molar-refractivity contribution in [3.63, 3.8) is 0 Å². The highest BCUT2D eigenvalue weighted by Gasteiger charge is 2.20. The van der Waals surface area contributed by atoms with Gasteiger partial charge in [-0.1, -0.05) is 17.7 Å². The van der Waals surface area contributed by atoms with Gasteiger partial charge in [-0.05, 0) is 51.8 Å². The molecule has 0 spiro atoms. The quantitative estimate of drug-likeness (QED) is 0.833. The number of hydrogen-bond donors (Lipinski definition) is 2. The minimum atomic E-state index is -4.10. The van der Waals surface area contributed by atoms with E-state index in [0.29, 0.717) is 9.50 Å². The minimum Gasteiger partial charge on any atom is -0.392 e. The molecule has 2 aromatic carbocycles. The van der Waals surface area contributed by atoms with Crippen molar-refractivity contribution in [3.05, 3.63) is 57.3 Å². The molecule has 0 atom stereocenters. The molecule has 0 saturated carbocycles. The van der Waals surface area contributed by atoms with Crippen LogP contribution >= 0.6 is 27.5 Å². The standard InChI is InChI=1S/C13H10BrClFNO3S/c14-10-3-2-9(15)6-12(10)17-21(19,20)13-4-1-8(7-18)5-11(13)16/h1-6,17-18H,7H2. The molecule has 0 aliphatic rings. The van der Waals surface area contributed by atoms with Crippen LogP contribution < -0.4 is 4.72 Å². The number of rotatable bonds is 4. The van der Waals surface area contributed by atoms with Gasteiger partial charge in [0.05, 0.1) is 12.3 Å². The molecule has 0 aromatic heterocycles. The Morgan fingerprint density at radius 2 is 1.95 bits per heavy atom. The molecule has 0 heterocycles. The Morgan fingerprint density at radius 1 is 1.24 bits per heavy atom. The number of halogens is 3. The normalized spacial score (nSPS) is 11.4. The second kappa shape index (κ2) is 6.31. The molecule has 0 radical (unpaired) electrons. The Kier molecular flexibility index (Phi) is 4.88. The van der Waals surface area contributed by atoms with E-state index < -0.39 is 20.7 Å². The monoisotopic (exact) mass is 393 g/mol. The van der Waals surface area contributed by atoms with Crippen LogP contribution in [0.3, 0.4) is 0 Å². The third-order valence-electron chi connectivity index (χ3n) is 2.64. The van der Waals surface area contributed by atoms with Crippen molar-refractivity contribution in [3.8, 4) is 0 Å². The molecule has 0 bridgehead atoms. The highest BCUT2D eigenvalue weighted by Crippen LogP contribution is 2.28. The Morgan fingerprint density at radius 3 is 2.57 bits per heavy atom. The fourth-order valence-electron chi connectivity index (χ4n) is 1.64. The summed E-state index contributed by atoms with van der Waals surface area (Å²) in [6, 6.07) is 7.97. The Bertz CT molecular complexity index is 783. The van der Waals surface area contributed by atoms with Gasteiger partial charge >= 0.3 is 0 Å². The van der Waals surface area contributed by atoms with Gasteiger partial charge in [0.15, 0.2) is 0 Å². The van der Waals surface area contributed by atoms with Crippen LogP contribution in [0.5, 0.6) is 0 Å². The first-order chi connectivity index (χ1) is 9.83. The largest absolute Gasteiger partial charge is 0.392 e. The fraction of sp³-hybridized carbons (Fsp3) is 0.0769. The predicted octanol–water partition coefficient (Wildman–Crippen LogP) is 3.53. The molecule has 0 fully saturated rings. The number of benzene rings is 2. The lowest BCUT2D eigenvalue weighted by molar-refractivity contribution is 0.281. The van der Waals surface area contributed by atoms with E-state index >= 15 is 0 Å². The predicted molar refractivity (Wildman–Crippen MR) is 82.3 cm³/mol. The van der Waals surface area contributed by atoms with Gasteiger partial charge in [-0.25, -0.2) is 12.8 Å². The van der Waals surface area contributed by atoms with E-state index in [0.717, 1.165) is 12.1 Å². The molecule has 0 amide bonds. The first-order valence-corrected chi connectivity index (χ1v) is 8.36. The summed E-state index contributed by atoms with van der Waals surface area (Å²) in [4.78, 5) is -0.508. The van der Waals surface area contributed by atoms with Crippen molar-refractivity contribution in [2.24, 2.45) is 0 Å². The molecule has 0 aliphatic carbocycles. The van der Waals surface area contributed by atoms with Crippen molar-refractivity contribution in [1.82, 2.24) is 0 Å². The molecule has 0 saturated heterocycles. The lowest BCUT2D eigenvalue weighted by Gasteiger charge is -2.11. The first-order valence-electron chi connectivity index (χ1n) is 5.70. The maximum atomic E-state index is 13.8. The molecule has 4 nitrogen and oxygen atoms in total. The van der Waals surface area contributed by atoms with Crippen LogP contribution in [0, 0.1) is 5.82 Å². The van der Waals surface area contributed by atoms with Crippen LogP contribution in [0.1, 0.15) is 5.56 Å². The molecule has 2 N–H and O–H groups in total. The highest BCUT2D eigenvalue weighted by molar-refractivity contribution is 9.10. The summed E-state index contributed by atoms with van der Waals surface area (Å²) in [5, 5.41) is 9.25. The zero-order chi connectivity index (χ0) is 15.6. The van der Waals surface area contributed by atoms with Gasteiger partial charge in [0.25, 0.3) is 10.0 Å². The summed E-state index contributed by atoms with van der Waals surface area (Å²) in [6.07, 6.45) is 0. The summed E-state index contributed by atoms with van der Waals surface area (Å²) in [6.45, 7) is -0.371. The van der Waals surface area contributed by atoms with E-state index in [9.17, 15) is 12.8 Å². The van der Waals surface area contributed by atoms with E-state index in [1.807, 2.05) is 0 Å². The van der Waals surface area contributed by atoms with Gasteiger partial charge in [-0.3, -0.25) is 4.72 Å². The van der Waals surface area contributed by atoms with Crippen LogP contribution in [-0.2, 0) is 16.6 Å².